The van der Waals surface area contributed by atoms with Crippen LogP contribution in [-0.4, -0.2) is 63.2 Å². The highest BCUT2D eigenvalue weighted by Gasteiger charge is 2.32. The summed E-state index contributed by atoms with van der Waals surface area (Å²) in [5, 5.41) is 2.47. The normalized spacial score (nSPS) is 12.3. The Morgan fingerprint density at radius 3 is 2.16 bits per heavy atom. The summed E-state index contributed by atoms with van der Waals surface area (Å²) in [6.07, 6.45) is 0. The van der Waals surface area contributed by atoms with Crippen LogP contribution in [0.3, 0.4) is 0 Å². The van der Waals surface area contributed by atoms with E-state index in [2.05, 4.69) is 5.32 Å². The molecule has 2 amide bonds. The van der Waals surface area contributed by atoms with Gasteiger partial charge in [0.15, 0.2) is 0 Å². The molecule has 1 unspecified atom stereocenters. The number of nitrogens with zero attached hydrogens (tertiary/aromatic N) is 3. The second-order valence-corrected chi connectivity index (χ2v) is 9.10. The van der Waals surface area contributed by atoms with Crippen molar-refractivity contribution in [1.29, 1.82) is 0 Å². The SMILES string of the molecule is CNC(=O)C(C)N(Cc1ccccc1F)C(=O)CN(c1ccccc1)S(=O)(=O)N(C)C. The lowest BCUT2D eigenvalue weighted by atomic mass is 10.1. The molecule has 1 N–H and O–H groups in total. The maximum atomic E-state index is 14.2. The van der Waals surface area contributed by atoms with E-state index in [0.29, 0.717) is 5.69 Å². The molecule has 0 fully saturated rings. The predicted octanol–water partition coefficient (Wildman–Crippen LogP) is 1.60. The average molecular weight is 451 g/mol. The third-order valence-electron chi connectivity index (χ3n) is 4.78. The van der Waals surface area contributed by atoms with Gasteiger partial charge in [-0.3, -0.25) is 9.59 Å². The molecule has 1 atom stereocenters. The summed E-state index contributed by atoms with van der Waals surface area (Å²) in [7, 11) is 0.142. The number of anilines is 1. The van der Waals surface area contributed by atoms with Crippen LogP contribution in [0.15, 0.2) is 54.6 Å². The van der Waals surface area contributed by atoms with Crippen molar-refractivity contribution in [2.45, 2.75) is 19.5 Å². The molecule has 8 nitrogen and oxygen atoms in total. The minimum atomic E-state index is -4.01. The van der Waals surface area contributed by atoms with Gasteiger partial charge in [0.05, 0.1) is 5.69 Å². The lowest BCUT2D eigenvalue weighted by Crippen LogP contribution is -2.52. The van der Waals surface area contributed by atoms with E-state index in [4.69, 9.17) is 0 Å². The first-order chi connectivity index (χ1) is 14.6. The summed E-state index contributed by atoms with van der Waals surface area (Å²) < 4.78 is 42.0. The van der Waals surface area contributed by atoms with Gasteiger partial charge in [0.25, 0.3) is 0 Å². The van der Waals surface area contributed by atoms with Crippen LogP contribution in [-0.2, 0) is 26.3 Å². The molecule has 10 heteroatoms. The van der Waals surface area contributed by atoms with Crippen LogP contribution in [0.5, 0.6) is 0 Å². The van der Waals surface area contributed by atoms with Gasteiger partial charge in [-0.05, 0) is 25.1 Å². The monoisotopic (exact) mass is 450 g/mol. The Kier molecular flexibility index (Phi) is 8.12. The number of nitrogens with one attached hydrogen (secondary N) is 1. The van der Waals surface area contributed by atoms with Crippen molar-refractivity contribution in [1.82, 2.24) is 14.5 Å². The molecule has 2 aromatic rings. The Morgan fingerprint density at radius 2 is 1.61 bits per heavy atom. The Balaban J connectivity index is 2.43. The summed E-state index contributed by atoms with van der Waals surface area (Å²) >= 11 is 0. The Hall–Kier alpha value is -2.98. The minimum Gasteiger partial charge on any atom is -0.357 e. The highest BCUT2D eigenvalue weighted by atomic mass is 32.2. The standard InChI is InChI=1S/C21H27FN4O4S/c1-16(21(28)23-2)25(14-17-10-8-9-13-19(17)22)20(27)15-26(31(29,30)24(3)4)18-11-6-5-7-12-18/h5-13,16H,14-15H2,1-4H3,(H,23,28). The molecule has 0 radical (unpaired) electrons. The van der Waals surface area contributed by atoms with Gasteiger partial charge in [-0.1, -0.05) is 36.4 Å². The molecule has 0 heterocycles. The third-order valence-corrected chi connectivity index (χ3v) is 6.60. The van der Waals surface area contributed by atoms with Crippen LogP contribution in [0.25, 0.3) is 0 Å². The van der Waals surface area contributed by atoms with Gasteiger partial charge in [-0.2, -0.15) is 12.7 Å². The molecule has 0 aliphatic carbocycles. The number of halogens is 1. The smallest absolute Gasteiger partial charge is 0.304 e. The van der Waals surface area contributed by atoms with Crippen molar-refractivity contribution in [3.8, 4) is 0 Å². The second-order valence-electron chi connectivity index (χ2n) is 7.04. The predicted molar refractivity (Wildman–Crippen MR) is 117 cm³/mol. The van der Waals surface area contributed by atoms with E-state index in [1.807, 2.05) is 0 Å². The lowest BCUT2D eigenvalue weighted by Gasteiger charge is -2.32. The Labute approximate surface area is 182 Å². The van der Waals surface area contributed by atoms with Crippen molar-refractivity contribution in [3.05, 3.63) is 66.0 Å². The van der Waals surface area contributed by atoms with E-state index in [1.165, 1.54) is 51.2 Å². The first-order valence-corrected chi connectivity index (χ1v) is 11.0. The summed E-state index contributed by atoms with van der Waals surface area (Å²) in [6.45, 7) is 0.760. The number of carbonyl (C=O) groups is 2. The maximum Gasteiger partial charge on any atom is 0.304 e. The first-order valence-electron chi connectivity index (χ1n) is 9.59. The van der Waals surface area contributed by atoms with Crippen LogP contribution in [0.4, 0.5) is 10.1 Å². The molecule has 0 bridgehead atoms. The quantitative estimate of drug-likeness (QED) is 0.629. The van der Waals surface area contributed by atoms with Gasteiger partial charge in [-0.25, -0.2) is 8.70 Å². The molecule has 0 spiro atoms. The first kappa shape index (κ1) is 24.3. The number of rotatable bonds is 9. The van der Waals surface area contributed by atoms with Gasteiger partial charge >= 0.3 is 10.2 Å². The molecular formula is C21H27FN4O4S. The van der Waals surface area contributed by atoms with Crippen molar-refractivity contribution < 1.29 is 22.4 Å². The molecule has 0 aromatic heterocycles. The fourth-order valence-corrected chi connectivity index (χ4v) is 3.97. The van der Waals surface area contributed by atoms with Crippen LogP contribution in [0, 0.1) is 5.82 Å². The van der Waals surface area contributed by atoms with Crippen LogP contribution < -0.4 is 9.62 Å². The Bertz CT molecular complexity index is 1020. The largest absolute Gasteiger partial charge is 0.357 e. The number of hydrogen-bond donors (Lipinski definition) is 1. The molecule has 0 aliphatic rings. The Morgan fingerprint density at radius 1 is 1.03 bits per heavy atom. The maximum absolute atomic E-state index is 14.2. The van der Waals surface area contributed by atoms with Gasteiger partial charge in [0.2, 0.25) is 11.8 Å². The van der Waals surface area contributed by atoms with E-state index in [0.717, 1.165) is 8.61 Å². The van der Waals surface area contributed by atoms with Gasteiger partial charge < -0.3 is 10.2 Å². The molecule has 0 aliphatic heterocycles. The zero-order valence-corrected chi connectivity index (χ0v) is 18.8. The number of hydrogen-bond acceptors (Lipinski definition) is 4. The second kappa shape index (κ2) is 10.4. The number of benzene rings is 2. The highest BCUT2D eigenvalue weighted by molar-refractivity contribution is 7.90. The van der Waals surface area contributed by atoms with Crippen LogP contribution >= 0.6 is 0 Å². The number of para-hydroxylation sites is 1. The van der Waals surface area contributed by atoms with Gasteiger partial charge in [0, 0.05) is 33.3 Å². The summed E-state index contributed by atoms with van der Waals surface area (Å²) in [4.78, 5) is 26.7. The van der Waals surface area contributed by atoms with E-state index >= 15 is 0 Å². The van der Waals surface area contributed by atoms with E-state index in [-0.39, 0.29) is 12.1 Å². The molecule has 168 valence electrons. The average Bonchev–Trinajstić information content (AvgIpc) is 2.76. The van der Waals surface area contributed by atoms with Crippen LogP contribution in [0.1, 0.15) is 12.5 Å². The molecular weight excluding hydrogens is 423 g/mol. The van der Waals surface area contributed by atoms with Gasteiger partial charge in [-0.15, -0.1) is 0 Å². The molecule has 0 saturated carbocycles. The number of carbonyl (C=O) groups excluding carboxylic acids is 2. The molecule has 31 heavy (non-hydrogen) atoms. The fraction of sp³-hybridized carbons (Fsp3) is 0.333. The third kappa shape index (κ3) is 5.80. The number of likely N-dealkylation sites (N-methyl/N-ethyl adjacent to an activating group) is 1. The van der Waals surface area contributed by atoms with E-state index in [9.17, 15) is 22.4 Å². The highest BCUT2D eigenvalue weighted by Crippen LogP contribution is 2.20. The molecule has 2 rings (SSSR count). The number of amides is 2. The summed E-state index contributed by atoms with van der Waals surface area (Å²) in [5.41, 5.74) is 0.510. The molecule has 2 aromatic carbocycles. The van der Waals surface area contributed by atoms with Crippen molar-refractivity contribution in [2.75, 3.05) is 32.0 Å². The summed E-state index contributed by atoms with van der Waals surface area (Å²) in [5.74, 6) is -1.62. The van der Waals surface area contributed by atoms with Crippen molar-refractivity contribution in [3.63, 3.8) is 0 Å². The van der Waals surface area contributed by atoms with E-state index < -0.39 is 40.4 Å². The van der Waals surface area contributed by atoms with E-state index in [1.54, 1.807) is 36.4 Å². The summed E-state index contributed by atoms with van der Waals surface area (Å²) in [6, 6.07) is 13.1. The zero-order valence-electron chi connectivity index (χ0n) is 17.9. The fourth-order valence-electron chi connectivity index (χ4n) is 2.91. The topological polar surface area (TPSA) is 90.0 Å². The zero-order chi connectivity index (χ0) is 23.2. The molecule has 0 saturated heterocycles. The van der Waals surface area contributed by atoms with Crippen molar-refractivity contribution in [2.24, 2.45) is 0 Å². The minimum absolute atomic E-state index is 0.190. The lowest BCUT2D eigenvalue weighted by molar-refractivity contribution is -0.139. The van der Waals surface area contributed by atoms with Crippen molar-refractivity contribution >= 4 is 27.7 Å². The van der Waals surface area contributed by atoms with Crippen LogP contribution in [0.2, 0.25) is 0 Å². The van der Waals surface area contributed by atoms with Gasteiger partial charge in [0.1, 0.15) is 18.4 Å².